The van der Waals surface area contributed by atoms with E-state index in [0.717, 1.165) is 0 Å². The molecule has 0 saturated heterocycles. The summed E-state index contributed by atoms with van der Waals surface area (Å²) in [5, 5.41) is -0.0949. The molecule has 0 aromatic heterocycles. The zero-order chi connectivity index (χ0) is 10.0. The van der Waals surface area contributed by atoms with Crippen LogP contribution in [0.25, 0.3) is 0 Å². The lowest BCUT2D eigenvalue weighted by Crippen LogP contribution is -1.93. The molecule has 0 amide bonds. The number of ether oxygens (including phenoxy) is 1. The Morgan fingerprint density at radius 1 is 1.69 bits per heavy atom. The van der Waals surface area contributed by atoms with E-state index in [1.165, 1.54) is 13.2 Å². The first-order chi connectivity index (χ1) is 6.11. The predicted molar refractivity (Wildman–Crippen MR) is 53.6 cm³/mol. The molecule has 0 saturated carbocycles. The van der Waals surface area contributed by atoms with Gasteiger partial charge in [-0.1, -0.05) is 17.5 Å². The Hall–Kier alpha value is -0.720. The largest absolute Gasteiger partial charge is 0.494 e. The highest BCUT2D eigenvalue weighted by Gasteiger charge is 2.14. The average molecular weight is 263 g/mol. The molecule has 68 valence electrons. The number of terminal acetylenes is 1. The Kier molecular flexibility index (Phi) is 3.18. The highest BCUT2D eigenvalue weighted by atomic mass is 79.9. The lowest BCUT2D eigenvalue weighted by molar-refractivity contribution is 0.409. The first kappa shape index (κ1) is 10.4. The molecular weight excluding hydrogens is 258 g/mol. The van der Waals surface area contributed by atoms with Crippen LogP contribution < -0.4 is 4.74 Å². The van der Waals surface area contributed by atoms with Crippen molar-refractivity contribution in [3.05, 3.63) is 26.9 Å². The van der Waals surface area contributed by atoms with Crippen molar-refractivity contribution < 1.29 is 9.13 Å². The number of halogens is 3. The number of hydrogen-bond acceptors (Lipinski definition) is 1. The molecule has 0 aliphatic carbocycles. The molecule has 13 heavy (non-hydrogen) atoms. The molecule has 1 aromatic carbocycles. The Morgan fingerprint density at radius 3 is 2.77 bits per heavy atom. The van der Waals surface area contributed by atoms with Gasteiger partial charge in [-0.2, -0.15) is 0 Å². The molecule has 0 aliphatic heterocycles. The fraction of sp³-hybridized carbons (Fsp3) is 0.111. The summed E-state index contributed by atoms with van der Waals surface area (Å²) in [6.45, 7) is 0. The van der Waals surface area contributed by atoms with E-state index < -0.39 is 5.82 Å². The van der Waals surface area contributed by atoms with Crippen LogP contribution in [0.4, 0.5) is 4.39 Å². The first-order valence-electron chi connectivity index (χ1n) is 3.30. The van der Waals surface area contributed by atoms with Crippen LogP contribution in [-0.4, -0.2) is 7.11 Å². The molecule has 0 atom stereocenters. The van der Waals surface area contributed by atoms with Crippen LogP contribution >= 0.6 is 27.5 Å². The molecule has 0 spiro atoms. The van der Waals surface area contributed by atoms with Crippen molar-refractivity contribution in [2.75, 3.05) is 7.11 Å². The van der Waals surface area contributed by atoms with E-state index in [0.29, 0.717) is 10.2 Å². The molecule has 1 aromatic rings. The second-order valence-corrected chi connectivity index (χ2v) is 3.44. The van der Waals surface area contributed by atoms with Crippen LogP contribution in [0, 0.1) is 18.2 Å². The highest BCUT2D eigenvalue weighted by Crippen LogP contribution is 2.35. The summed E-state index contributed by atoms with van der Waals surface area (Å²) >= 11 is 8.74. The van der Waals surface area contributed by atoms with Gasteiger partial charge >= 0.3 is 0 Å². The molecule has 1 rings (SSSR count). The van der Waals surface area contributed by atoms with Crippen molar-refractivity contribution in [2.45, 2.75) is 0 Å². The monoisotopic (exact) mass is 262 g/mol. The third kappa shape index (κ3) is 1.79. The van der Waals surface area contributed by atoms with Crippen molar-refractivity contribution in [1.29, 1.82) is 0 Å². The van der Waals surface area contributed by atoms with E-state index in [-0.39, 0.29) is 10.6 Å². The molecule has 0 fully saturated rings. The average Bonchev–Trinajstić information content (AvgIpc) is 2.10. The minimum atomic E-state index is -0.567. The lowest BCUT2D eigenvalue weighted by atomic mass is 10.2. The summed E-state index contributed by atoms with van der Waals surface area (Å²) in [5.74, 6) is 2.07. The maximum absolute atomic E-state index is 13.0. The van der Waals surface area contributed by atoms with Crippen LogP contribution in [0.3, 0.4) is 0 Å². The minimum Gasteiger partial charge on any atom is -0.494 e. The van der Waals surface area contributed by atoms with Gasteiger partial charge in [0, 0.05) is 0 Å². The first-order valence-corrected chi connectivity index (χ1v) is 4.47. The molecule has 4 heteroatoms. The third-order valence-corrected chi connectivity index (χ3v) is 2.43. The van der Waals surface area contributed by atoms with Crippen molar-refractivity contribution >= 4 is 27.5 Å². The maximum atomic E-state index is 13.0. The van der Waals surface area contributed by atoms with E-state index in [4.69, 9.17) is 22.8 Å². The third-order valence-electron chi connectivity index (χ3n) is 1.48. The number of rotatable bonds is 1. The fourth-order valence-corrected chi connectivity index (χ4v) is 1.66. The van der Waals surface area contributed by atoms with Crippen molar-refractivity contribution in [3.8, 4) is 18.1 Å². The molecule has 0 aliphatic rings. The van der Waals surface area contributed by atoms with E-state index in [9.17, 15) is 4.39 Å². The fourth-order valence-electron chi connectivity index (χ4n) is 0.907. The Balaban J connectivity index is 3.53. The Morgan fingerprint density at radius 2 is 2.31 bits per heavy atom. The highest BCUT2D eigenvalue weighted by molar-refractivity contribution is 9.10. The van der Waals surface area contributed by atoms with Gasteiger partial charge in [0.15, 0.2) is 0 Å². The van der Waals surface area contributed by atoms with Gasteiger partial charge in [0.05, 0.1) is 22.2 Å². The van der Waals surface area contributed by atoms with E-state index in [1.807, 2.05) is 0 Å². The van der Waals surface area contributed by atoms with Gasteiger partial charge in [-0.25, -0.2) is 4.39 Å². The van der Waals surface area contributed by atoms with Crippen molar-refractivity contribution in [1.82, 2.24) is 0 Å². The van der Waals surface area contributed by atoms with Crippen LogP contribution in [-0.2, 0) is 0 Å². The quantitative estimate of drug-likeness (QED) is 0.558. The number of benzene rings is 1. The normalized spacial score (nSPS) is 9.46. The molecule has 1 nitrogen and oxygen atoms in total. The molecule has 0 N–H and O–H groups in total. The summed E-state index contributed by atoms with van der Waals surface area (Å²) in [5.41, 5.74) is 0.219. The van der Waals surface area contributed by atoms with Gasteiger partial charge in [-0.15, -0.1) is 6.42 Å². The molecule has 0 heterocycles. The van der Waals surface area contributed by atoms with Gasteiger partial charge in [0.2, 0.25) is 0 Å². The molecular formula is C9H5BrClFO. The smallest absolute Gasteiger partial charge is 0.150 e. The number of methoxy groups -OCH3 is 1. The van der Waals surface area contributed by atoms with E-state index >= 15 is 0 Å². The Labute approximate surface area is 89.0 Å². The van der Waals surface area contributed by atoms with Gasteiger partial charge in [-0.3, -0.25) is 0 Å². The lowest BCUT2D eigenvalue weighted by Gasteiger charge is -2.08. The van der Waals surface area contributed by atoms with Crippen molar-refractivity contribution in [2.24, 2.45) is 0 Å². The zero-order valence-electron chi connectivity index (χ0n) is 6.70. The standard InChI is InChI=1S/C9H5BrClFO/c1-3-5-8(11)7(12)4-6(10)9(5)13-2/h1,4H,2H3. The second kappa shape index (κ2) is 3.99. The molecule has 0 unspecified atom stereocenters. The summed E-state index contributed by atoms with van der Waals surface area (Å²) in [6, 6.07) is 1.21. The zero-order valence-corrected chi connectivity index (χ0v) is 9.04. The topological polar surface area (TPSA) is 9.23 Å². The second-order valence-electron chi connectivity index (χ2n) is 2.21. The summed E-state index contributed by atoms with van der Waals surface area (Å²) in [7, 11) is 1.44. The van der Waals surface area contributed by atoms with Gasteiger partial charge in [0.25, 0.3) is 0 Å². The maximum Gasteiger partial charge on any atom is 0.150 e. The van der Waals surface area contributed by atoms with Crippen LogP contribution in [0.2, 0.25) is 5.02 Å². The van der Waals surface area contributed by atoms with E-state index in [2.05, 4.69) is 21.9 Å². The minimum absolute atomic E-state index is 0.0949. The summed E-state index contributed by atoms with van der Waals surface area (Å²) in [4.78, 5) is 0. The van der Waals surface area contributed by atoms with E-state index in [1.54, 1.807) is 0 Å². The number of hydrogen-bond donors (Lipinski definition) is 0. The van der Waals surface area contributed by atoms with Gasteiger partial charge in [0.1, 0.15) is 11.6 Å². The van der Waals surface area contributed by atoms with Crippen LogP contribution in [0.5, 0.6) is 5.75 Å². The summed E-state index contributed by atoms with van der Waals surface area (Å²) < 4.78 is 18.4. The molecule has 0 radical (unpaired) electrons. The van der Waals surface area contributed by atoms with Crippen LogP contribution in [0.1, 0.15) is 5.56 Å². The van der Waals surface area contributed by atoms with Gasteiger partial charge < -0.3 is 4.74 Å². The predicted octanol–water partition coefficient (Wildman–Crippen LogP) is 3.23. The van der Waals surface area contributed by atoms with Crippen molar-refractivity contribution in [3.63, 3.8) is 0 Å². The van der Waals surface area contributed by atoms with Gasteiger partial charge in [-0.05, 0) is 22.0 Å². The molecule has 0 bridgehead atoms. The summed E-state index contributed by atoms with van der Waals surface area (Å²) in [6.07, 6.45) is 5.16. The SMILES string of the molecule is C#Cc1c(Cl)c(F)cc(Br)c1OC. The van der Waals surface area contributed by atoms with Crippen LogP contribution in [0.15, 0.2) is 10.5 Å². The Bertz CT molecular complexity index is 384.